The highest BCUT2D eigenvalue weighted by Crippen LogP contribution is 2.34. The number of rotatable bonds is 7. The van der Waals surface area contributed by atoms with Gasteiger partial charge >= 0.3 is 11.9 Å². The second-order valence-corrected chi connectivity index (χ2v) is 8.92. The van der Waals surface area contributed by atoms with E-state index in [9.17, 15) is 14.4 Å². The molecule has 0 fully saturated rings. The van der Waals surface area contributed by atoms with Crippen molar-refractivity contribution in [3.8, 4) is 0 Å². The van der Waals surface area contributed by atoms with Gasteiger partial charge in [0.25, 0.3) is 0 Å². The minimum atomic E-state index is -0.594. The minimum absolute atomic E-state index is 0.0524. The smallest absolute Gasteiger partial charge is 0.348 e. The third-order valence-electron chi connectivity index (χ3n) is 4.53. The average molecular weight is 444 g/mol. The molecule has 2 aromatic rings. The third-order valence-corrected chi connectivity index (χ3v) is 5.72. The Morgan fingerprint density at radius 1 is 1.00 bits per heavy atom. The molecule has 7 heteroatoms. The maximum absolute atomic E-state index is 12.5. The van der Waals surface area contributed by atoms with Crippen molar-refractivity contribution >= 4 is 40.3 Å². The fourth-order valence-electron chi connectivity index (χ4n) is 2.86. The fourth-order valence-corrected chi connectivity index (χ4v) is 3.95. The Labute approximate surface area is 187 Å². The van der Waals surface area contributed by atoms with Gasteiger partial charge in [0.15, 0.2) is 0 Å². The van der Waals surface area contributed by atoms with Gasteiger partial charge in [0, 0.05) is 6.08 Å². The number of ether oxygens (including phenoxy) is 2. The number of hydrogen-bond acceptors (Lipinski definition) is 6. The van der Waals surface area contributed by atoms with Crippen LogP contribution in [0.3, 0.4) is 0 Å². The van der Waals surface area contributed by atoms with Gasteiger partial charge in [-0.15, -0.1) is 11.3 Å². The molecule has 6 nitrogen and oxygen atoms in total. The maximum Gasteiger partial charge on any atom is 0.348 e. The zero-order chi connectivity index (χ0) is 23.2. The second kappa shape index (κ2) is 10.4. The molecule has 1 aromatic heterocycles. The standard InChI is InChI=1S/C24H29NO5S/c1-7-29-22(27)19-15(3)20(23(28)30-8-2)31-21(19)25-18(26)14-11-16-9-12-17(13-10-16)24(4,5)6/h9-14H,7-8H2,1-6H3,(H,25,26)/b14-11+. The van der Waals surface area contributed by atoms with Gasteiger partial charge in [0.2, 0.25) is 5.91 Å². The van der Waals surface area contributed by atoms with Gasteiger partial charge in [-0.25, -0.2) is 9.59 Å². The van der Waals surface area contributed by atoms with Gasteiger partial charge < -0.3 is 14.8 Å². The number of carbonyl (C=O) groups excluding carboxylic acids is 3. The summed E-state index contributed by atoms with van der Waals surface area (Å²) in [5.41, 5.74) is 2.73. The van der Waals surface area contributed by atoms with E-state index in [-0.39, 0.29) is 34.1 Å². The van der Waals surface area contributed by atoms with Crippen LogP contribution in [0.25, 0.3) is 6.08 Å². The van der Waals surface area contributed by atoms with Crippen molar-refractivity contribution in [2.45, 2.75) is 47.0 Å². The predicted octanol–water partition coefficient (Wildman–Crippen LogP) is 5.36. The summed E-state index contributed by atoms with van der Waals surface area (Å²) in [7, 11) is 0. The van der Waals surface area contributed by atoms with Crippen LogP contribution in [-0.4, -0.2) is 31.1 Å². The first-order valence-electron chi connectivity index (χ1n) is 10.2. The molecule has 1 aromatic carbocycles. The van der Waals surface area contributed by atoms with Crippen LogP contribution in [0.1, 0.15) is 71.3 Å². The van der Waals surface area contributed by atoms with E-state index in [0.717, 1.165) is 16.9 Å². The van der Waals surface area contributed by atoms with Gasteiger partial charge in [-0.1, -0.05) is 45.0 Å². The number of anilines is 1. The SMILES string of the molecule is CCOC(=O)c1sc(NC(=O)/C=C/c2ccc(C(C)(C)C)cc2)c(C(=O)OCC)c1C. The fraction of sp³-hybridized carbons (Fsp3) is 0.375. The summed E-state index contributed by atoms with van der Waals surface area (Å²) in [5.74, 6) is -1.54. The first kappa shape index (κ1) is 24.3. The van der Waals surface area contributed by atoms with Crippen molar-refractivity contribution < 1.29 is 23.9 Å². The van der Waals surface area contributed by atoms with Crippen molar-refractivity contribution in [2.24, 2.45) is 0 Å². The van der Waals surface area contributed by atoms with E-state index in [0.29, 0.717) is 5.56 Å². The molecule has 0 saturated carbocycles. The highest BCUT2D eigenvalue weighted by molar-refractivity contribution is 7.18. The van der Waals surface area contributed by atoms with Crippen molar-refractivity contribution in [1.82, 2.24) is 0 Å². The summed E-state index contributed by atoms with van der Waals surface area (Å²) in [6, 6.07) is 7.96. The van der Waals surface area contributed by atoms with E-state index < -0.39 is 17.8 Å². The molecular weight excluding hydrogens is 414 g/mol. The number of benzene rings is 1. The van der Waals surface area contributed by atoms with E-state index in [1.165, 1.54) is 11.6 Å². The molecule has 0 atom stereocenters. The quantitative estimate of drug-likeness (QED) is 0.460. The van der Waals surface area contributed by atoms with E-state index in [1.807, 2.05) is 24.3 Å². The molecule has 0 aliphatic heterocycles. The van der Waals surface area contributed by atoms with E-state index in [2.05, 4.69) is 26.1 Å². The summed E-state index contributed by atoms with van der Waals surface area (Å²) in [5, 5.41) is 2.96. The largest absolute Gasteiger partial charge is 0.462 e. The topological polar surface area (TPSA) is 81.7 Å². The van der Waals surface area contributed by atoms with E-state index in [1.54, 1.807) is 26.8 Å². The van der Waals surface area contributed by atoms with E-state index >= 15 is 0 Å². The van der Waals surface area contributed by atoms with Gasteiger partial charge in [-0.2, -0.15) is 0 Å². The predicted molar refractivity (Wildman–Crippen MR) is 124 cm³/mol. The number of hydrogen-bond donors (Lipinski definition) is 1. The summed E-state index contributed by atoms with van der Waals surface area (Å²) < 4.78 is 10.2. The lowest BCUT2D eigenvalue weighted by Gasteiger charge is -2.18. The first-order chi connectivity index (χ1) is 14.6. The molecular formula is C24H29NO5S. The minimum Gasteiger partial charge on any atom is -0.462 e. The van der Waals surface area contributed by atoms with Crippen LogP contribution >= 0.6 is 11.3 Å². The number of thiophene rings is 1. The Kier molecular flexibility index (Phi) is 8.16. The molecule has 0 radical (unpaired) electrons. The highest BCUT2D eigenvalue weighted by Gasteiger charge is 2.27. The zero-order valence-electron chi connectivity index (χ0n) is 18.8. The highest BCUT2D eigenvalue weighted by atomic mass is 32.1. The Bertz CT molecular complexity index is 981. The maximum atomic E-state index is 12.5. The third kappa shape index (κ3) is 6.28. The summed E-state index contributed by atoms with van der Waals surface area (Å²) in [6.07, 6.45) is 3.08. The van der Waals surface area contributed by atoms with Gasteiger partial charge in [-0.3, -0.25) is 4.79 Å². The zero-order valence-corrected chi connectivity index (χ0v) is 19.6. The normalized spacial score (nSPS) is 11.4. The Morgan fingerprint density at radius 2 is 1.58 bits per heavy atom. The van der Waals surface area contributed by atoms with Crippen molar-refractivity contribution in [2.75, 3.05) is 18.5 Å². The second-order valence-electron chi connectivity index (χ2n) is 7.90. The number of amides is 1. The van der Waals surface area contributed by atoms with Gasteiger partial charge in [-0.05, 0) is 49.0 Å². The molecule has 1 heterocycles. The number of nitrogens with one attached hydrogen (secondary N) is 1. The first-order valence-corrected chi connectivity index (χ1v) is 11.0. The molecule has 0 spiro atoms. The molecule has 1 N–H and O–H groups in total. The van der Waals surface area contributed by atoms with Crippen LogP contribution in [0.15, 0.2) is 30.3 Å². The molecule has 0 aliphatic rings. The van der Waals surface area contributed by atoms with Gasteiger partial charge in [0.1, 0.15) is 9.88 Å². The molecule has 31 heavy (non-hydrogen) atoms. The van der Waals surface area contributed by atoms with Crippen molar-refractivity contribution in [3.63, 3.8) is 0 Å². The van der Waals surface area contributed by atoms with Crippen LogP contribution < -0.4 is 5.32 Å². The van der Waals surface area contributed by atoms with Crippen LogP contribution in [0.2, 0.25) is 0 Å². The molecule has 0 unspecified atom stereocenters. The molecule has 2 rings (SSSR count). The molecule has 0 saturated heterocycles. The average Bonchev–Trinajstić information content (AvgIpc) is 3.02. The molecule has 0 bridgehead atoms. The monoisotopic (exact) mass is 443 g/mol. The van der Waals surface area contributed by atoms with Crippen LogP contribution in [0, 0.1) is 6.92 Å². The lowest BCUT2D eigenvalue weighted by molar-refractivity contribution is -0.111. The van der Waals surface area contributed by atoms with Crippen molar-refractivity contribution in [3.05, 3.63) is 57.5 Å². The van der Waals surface area contributed by atoms with Crippen LogP contribution in [0.4, 0.5) is 5.00 Å². The van der Waals surface area contributed by atoms with Crippen molar-refractivity contribution in [1.29, 1.82) is 0 Å². The van der Waals surface area contributed by atoms with E-state index in [4.69, 9.17) is 9.47 Å². The Balaban J connectivity index is 2.24. The van der Waals surface area contributed by atoms with Crippen LogP contribution in [0.5, 0.6) is 0 Å². The molecule has 166 valence electrons. The number of esters is 2. The summed E-state index contributed by atoms with van der Waals surface area (Å²) >= 11 is 1.00. The summed E-state index contributed by atoms with van der Waals surface area (Å²) in [4.78, 5) is 37.4. The lowest BCUT2D eigenvalue weighted by Crippen LogP contribution is -2.13. The summed E-state index contributed by atoms with van der Waals surface area (Å²) in [6.45, 7) is 11.8. The molecule has 1 amide bonds. The Hall–Kier alpha value is -2.93. The number of carbonyl (C=O) groups is 3. The molecule has 0 aliphatic carbocycles. The van der Waals surface area contributed by atoms with Crippen LogP contribution in [-0.2, 0) is 19.7 Å². The lowest BCUT2D eigenvalue weighted by atomic mass is 9.87. The van der Waals surface area contributed by atoms with Gasteiger partial charge in [0.05, 0.1) is 18.8 Å². The Morgan fingerprint density at radius 3 is 2.13 bits per heavy atom.